The van der Waals surface area contributed by atoms with Crippen molar-refractivity contribution in [2.45, 2.75) is 6.92 Å². The van der Waals surface area contributed by atoms with E-state index in [1.54, 1.807) is 18.2 Å². The lowest BCUT2D eigenvalue weighted by Gasteiger charge is -2.04. The summed E-state index contributed by atoms with van der Waals surface area (Å²) in [5.74, 6) is -0.235. The summed E-state index contributed by atoms with van der Waals surface area (Å²) in [5, 5.41) is 3.97. The summed E-state index contributed by atoms with van der Waals surface area (Å²) < 4.78 is 19.0. The second-order valence-electron chi connectivity index (χ2n) is 4.62. The molecule has 0 unspecified atom stereocenters. The highest BCUT2D eigenvalue weighted by Crippen LogP contribution is 2.37. The third-order valence-electron chi connectivity index (χ3n) is 3.19. The van der Waals surface area contributed by atoms with Crippen LogP contribution in [-0.2, 0) is 0 Å². The van der Waals surface area contributed by atoms with Gasteiger partial charge in [0.15, 0.2) is 0 Å². The average molecular weight is 268 g/mol. The van der Waals surface area contributed by atoms with E-state index in [1.165, 1.54) is 6.07 Å². The van der Waals surface area contributed by atoms with E-state index in [1.807, 2.05) is 31.2 Å². The Kier molecular flexibility index (Phi) is 2.99. The number of hydrogen-bond acceptors (Lipinski definition) is 3. The summed E-state index contributed by atoms with van der Waals surface area (Å²) in [4.78, 5) is 0. The van der Waals surface area contributed by atoms with Crippen LogP contribution < -0.4 is 5.73 Å². The molecule has 100 valence electrons. The molecule has 0 spiro atoms. The predicted molar refractivity (Wildman–Crippen MR) is 76.5 cm³/mol. The minimum Gasteiger partial charge on any atom is -0.367 e. The molecule has 0 aliphatic heterocycles. The lowest BCUT2D eigenvalue weighted by atomic mass is 10.00. The molecule has 0 bridgehead atoms. The summed E-state index contributed by atoms with van der Waals surface area (Å²) in [7, 11) is 0. The maximum Gasteiger partial charge on any atom is 0.230 e. The Morgan fingerprint density at radius 1 is 1.05 bits per heavy atom. The zero-order valence-electron chi connectivity index (χ0n) is 10.9. The molecule has 3 nitrogen and oxygen atoms in total. The number of halogens is 1. The van der Waals surface area contributed by atoms with Crippen LogP contribution in [0, 0.1) is 12.7 Å². The van der Waals surface area contributed by atoms with Crippen LogP contribution in [0.25, 0.3) is 22.4 Å². The van der Waals surface area contributed by atoms with E-state index in [-0.39, 0.29) is 11.7 Å². The van der Waals surface area contributed by atoms with E-state index in [4.69, 9.17) is 10.3 Å². The van der Waals surface area contributed by atoms with Crippen molar-refractivity contribution < 1.29 is 8.91 Å². The first-order chi connectivity index (χ1) is 9.66. The molecule has 0 radical (unpaired) electrons. The minimum atomic E-state index is -0.351. The van der Waals surface area contributed by atoms with Crippen molar-refractivity contribution >= 4 is 5.88 Å². The largest absolute Gasteiger partial charge is 0.367 e. The van der Waals surface area contributed by atoms with Crippen LogP contribution in [-0.4, -0.2) is 5.16 Å². The zero-order chi connectivity index (χ0) is 14.1. The summed E-state index contributed by atoms with van der Waals surface area (Å²) in [6.07, 6.45) is 0. The molecule has 0 saturated carbocycles. The molecule has 2 aromatic carbocycles. The summed E-state index contributed by atoms with van der Waals surface area (Å²) in [6, 6.07) is 14.2. The molecule has 0 atom stereocenters. The van der Waals surface area contributed by atoms with Crippen molar-refractivity contribution in [1.29, 1.82) is 0 Å². The number of hydrogen-bond donors (Lipinski definition) is 1. The molecule has 0 aliphatic carbocycles. The Morgan fingerprint density at radius 3 is 2.45 bits per heavy atom. The van der Waals surface area contributed by atoms with E-state index in [2.05, 4.69) is 5.16 Å². The lowest BCUT2D eigenvalue weighted by molar-refractivity contribution is 0.439. The third-order valence-corrected chi connectivity index (χ3v) is 3.19. The van der Waals surface area contributed by atoms with Gasteiger partial charge in [-0.3, -0.25) is 0 Å². The molecule has 0 fully saturated rings. The van der Waals surface area contributed by atoms with Crippen molar-refractivity contribution in [1.82, 2.24) is 5.16 Å². The van der Waals surface area contributed by atoms with E-state index in [0.717, 1.165) is 11.1 Å². The van der Waals surface area contributed by atoms with Crippen LogP contribution in [0.3, 0.4) is 0 Å². The summed E-state index contributed by atoms with van der Waals surface area (Å²) in [5.41, 5.74) is 9.22. The second-order valence-corrected chi connectivity index (χ2v) is 4.62. The Labute approximate surface area is 115 Å². The minimum absolute atomic E-state index is 0.116. The van der Waals surface area contributed by atoms with Gasteiger partial charge >= 0.3 is 0 Å². The van der Waals surface area contributed by atoms with Gasteiger partial charge in [0, 0.05) is 11.1 Å². The molecule has 2 N–H and O–H groups in total. The second kappa shape index (κ2) is 4.81. The van der Waals surface area contributed by atoms with E-state index < -0.39 is 0 Å². The van der Waals surface area contributed by atoms with Gasteiger partial charge in [0.05, 0.1) is 5.56 Å². The van der Waals surface area contributed by atoms with Gasteiger partial charge in [0.25, 0.3) is 0 Å². The fraction of sp³-hybridized carbons (Fsp3) is 0.0625. The van der Waals surface area contributed by atoms with E-state index in [9.17, 15) is 4.39 Å². The van der Waals surface area contributed by atoms with Gasteiger partial charge in [-0.15, -0.1) is 0 Å². The normalized spacial score (nSPS) is 10.7. The Hall–Kier alpha value is -2.62. The number of nitrogens with zero attached hydrogens (tertiary/aromatic N) is 1. The number of aromatic nitrogens is 1. The van der Waals surface area contributed by atoms with Crippen molar-refractivity contribution in [3.05, 3.63) is 59.9 Å². The molecule has 0 saturated heterocycles. The summed E-state index contributed by atoms with van der Waals surface area (Å²) >= 11 is 0. The van der Waals surface area contributed by atoms with Gasteiger partial charge in [-0.25, -0.2) is 4.39 Å². The third kappa shape index (κ3) is 2.05. The van der Waals surface area contributed by atoms with E-state index >= 15 is 0 Å². The number of aryl methyl sites for hydroxylation is 1. The molecular formula is C16H13FN2O. The Bertz CT molecular complexity index is 747. The van der Waals surface area contributed by atoms with Gasteiger partial charge in [0.1, 0.15) is 11.5 Å². The maximum atomic E-state index is 14.0. The van der Waals surface area contributed by atoms with Gasteiger partial charge < -0.3 is 10.3 Å². The lowest BCUT2D eigenvalue weighted by Crippen LogP contribution is -1.90. The zero-order valence-corrected chi connectivity index (χ0v) is 10.9. The maximum absolute atomic E-state index is 14.0. The Morgan fingerprint density at radius 2 is 1.75 bits per heavy atom. The number of rotatable bonds is 2. The first kappa shape index (κ1) is 12.4. The van der Waals surface area contributed by atoms with Gasteiger partial charge in [0.2, 0.25) is 5.88 Å². The van der Waals surface area contributed by atoms with Crippen LogP contribution in [0.4, 0.5) is 10.3 Å². The molecular weight excluding hydrogens is 255 g/mol. The molecule has 3 rings (SSSR count). The van der Waals surface area contributed by atoms with Crippen LogP contribution in [0.5, 0.6) is 0 Å². The fourth-order valence-corrected chi connectivity index (χ4v) is 2.14. The molecule has 4 heteroatoms. The van der Waals surface area contributed by atoms with Crippen molar-refractivity contribution in [2.24, 2.45) is 0 Å². The Balaban J connectivity index is 2.20. The van der Waals surface area contributed by atoms with Crippen molar-refractivity contribution in [3.8, 4) is 22.4 Å². The highest BCUT2D eigenvalue weighted by molar-refractivity contribution is 5.87. The smallest absolute Gasteiger partial charge is 0.230 e. The van der Waals surface area contributed by atoms with Gasteiger partial charge in [-0.1, -0.05) is 53.2 Å². The van der Waals surface area contributed by atoms with E-state index in [0.29, 0.717) is 16.8 Å². The van der Waals surface area contributed by atoms with Crippen LogP contribution in [0.15, 0.2) is 53.1 Å². The SMILES string of the molecule is Cc1ccc(-c2noc(N)c2-c2ccccc2F)cc1. The van der Waals surface area contributed by atoms with Gasteiger partial charge in [-0.2, -0.15) is 0 Å². The number of nitrogen functional groups attached to an aromatic ring is 1. The van der Waals surface area contributed by atoms with Gasteiger partial charge in [-0.05, 0) is 13.0 Å². The van der Waals surface area contributed by atoms with Crippen LogP contribution in [0.1, 0.15) is 5.56 Å². The molecule has 1 aromatic heterocycles. The first-order valence-corrected chi connectivity index (χ1v) is 6.24. The predicted octanol–water partition coefficient (Wildman–Crippen LogP) is 4.04. The molecule has 20 heavy (non-hydrogen) atoms. The molecule has 0 aliphatic rings. The standard InChI is InChI=1S/C16H13FN2O/c1-10-6-8-11(9-7-10)15-14(16(18)20-19-15)12-4-2-3-5-13(12)17/h2-9H,18H2,1H3. The van der Waals surface area contributed by atoms with Crippen molar-refractivity contribution in [3.63, 3.8) is 0 Å². The quantitative estimate of drug-likeness (QED) is 0.763. The highest BCUT2D eigenvalue weighted by Gasteiger charge is 2.19. The average Bonchev–Trinajstić information content (AvgIpc) is 2.82. The first-order valence-electron chi connectivity index (χ1n) is 6.24. The van der Waals surface area contributed by atoms with Crippen molar-refractivity contribution in [2.75, 3.05) is 5.73 Å². The van der Waals surface area contributed by atoms with Crippen LogP contribution >= 0.6 is 0 Å². The number of benzene rings is 2. The monoisotopic (exact) mass is 268 g/mol. The number of anilines is 1. The molecule has 0 amide bonds. The highest BCUT2D eigenvalue weighted by atomic mass is 19.1. The number of nitrogens with two attached hydrogens (primary N) is 1. The molecule has 1 heterocycles. The fourth-order valence-electron chi connectivity index (χ4n) is 2.14. The van der Waals surface area contributed by atoms with Crippen LogP contribution in [0.2, 0.25) is 0 Å². The topological polar surface area (TPSA) is 52.0 Å². The summed E-state index contributed by atoms with van der Waals surface area (Å²) in [6.45, 7) is 2.00. The molecule has 3 aromatic rings.